The summed E-state index contributed by atoms with van der Waals surface area (Å²) in [7, 11) is 0. The summed E-state index contributed by atoms with van der Waals surface area (Å²) >= 11 is 0. The van der Waals surface area contributed by atoms with Gasteiger partial charge in [-0.25, -0.2) is 9.67 Å². The van der Waals surface area contributed by atoms with Gasteiger partial charge in [0.2, 0.25) is 0 Å². The number of amides is 1. The molecular formula is C15H20N4O2. The summed E-state index contributed by atoms with van der Waals surface area (Å²) < 4.78 is 1.83. The van der Waals surface area contributed by atoms with Crippen LogP contribution in [0.4, 0.5) is 0 Å². The zero-order chi connectivity index (χ0) is 15.1. The van der Waals surface area contributed by atoms with E-state index in [2.05, 4.69) is 10.1 Å². The number of β-amino-alcohol motifs (C(OH)–C–C–N with tert-alkyl or cyclic N) is 1. The summed E-state index contributed by atoms with van der Waals surface area (Å²) in [6, 6.07) is 2.00. The van der Waals surface area contributed by atoms with Gasteiger partial charge in [0.25, 0.3) is 5.91 Å². The fourth-order valence-corrected chi connectivity index (χ4v) is 2.79. The Morgan fingerprint density at radius 1 is 1.48 bits per heavy atom. The lowest BCUT2D eigenvalue weighted by molar-refractivity contribution is 0.0766. The van der Waals surface area contributed by atoms with E-state index in [4.69, 9.17) is 0 Å². The SMILES string of the molecule is Cc1cc(C(=O)N2CC[C@@H](O)C2)c2cnn(C(C)C)c2n1. The van der Waals surface area contributed by atoms with Gasteiger partial charge in [-0.15, -0.1) is 0 Å². The lowest BCUT2D eigenvalue weighted by atomic mass is 10.1. The van der Waals surface area contributed by atoms with E-state index in [1.165, 1.54) is 0 Å². The van der Waals surface area contributed by atoms with Crippen molar-refractivity contribution in [3.63, 3.8) is 0 Å². The Labute approximate surface area is 123 Å². The quantitative estimate of drug-likeness (QED) is 0.909. The molecule has 1 saturated heterocycles. The second-order valence-corrected chi connectivity index (χ2v) is 5.93. The highest BCUT2D eigenvalue weighted by atomic mass is 16.3. The second kappa shape index (κ2) is 5.11. The molecule has 6 heteroatoms. The van der Waals surface area contributed by atoms with Crippen LogP contribution in [-0.4, -0.2) is 49.9 Å². The Balaban J connectivity index is 2.08. The highest BCUT2D eigenvalue weighted by molar-refractivity contribution is 6.05. The van der Waals surface area contributed by atoms with E-state index in [0.29, 0.717) is 25.1 Å². The maximum absolute atomic E-state index is 12.7. The standard InChI is InChI=1S/C15H20N4O2/c1-9(2)19-14-13(7-16-19)12(6-10(3)17-14)15(21)18-5-4-11(20)8-18/h6-7,9,11,20H,4-5,8H2,1-3H3/t11-/m1/s1. The van der Waals surface area contributed by atoms with Crippen molar-refractivity contribution in [3.05, 3.63) is 23.5 Å². The first kappa shape index (κ1) is 14.0. The maximum atomic E-state index is 12.7. The molecule has 3 heterocycles. The monoisotopic (exact) mass is 288 g/mol. The van der Waals surface area contributed by atoms with Crippen LogP contribution < -0.4 is 0 Å². The summed E-state index contributed by atoms with van der Waals surface area (Å²) in [5, 5.41) is 14.8. The van der Waals surface area contributed by atoms with Gasteiger partial charge < -0.3 is 10.0 Å². The number of fused-ring (bicyclic) bond motifs is 1. The van der Waals surface area contributed by atoms with E-state index in [1.807, 2.05) is 31.5 Å². The first-order valence-corrected chi connectivity index (χ1v) is 7.29. The van der Waals surface area contributed by atoms with Crippen molar-refractivity contribution < 1.29 is 9.90 Å². The Bertz CT molecular complexity index is 692. The molecule has 6 nitrogen and oxygen atoms in total. The predicted octanol–water partition coefficient (Wildman–Crippen LogP) is 1.53. The fraction of sp³-hybridized carbons (Fsp3) is 0.533. The third-order valence-electron chi connectivity index (χ3n) is 3.86. The van der Waals surface area contributed by atoms with Crippen LogP contribution in [-0.2, 0) is 0 Å². The molecule has 0 bridgehead atoms. The predicted molar refractivity (Wildman–Crippen MR) is 79.2 cm³/mol. The van der Waals surface area contributed by atoms with Crippen LogP contribution in [0, 0.1) is 6.92 Å². The summed E-state index contributed by atoms with van der Waals surface area (Å²) in [4.78, 5) is 18.9. The third-order valence-corrected chi connectivity index (χ3v) is 3.86. The molecular weight excluding hydrogens is 268 g/mol. The van der Waals surface area contributed by atoms with Crippen molar-refractivity contribution in [1.29, 1.82) is 0 Å². The average molecular weight is 288 g/mol. The molecule has 1 fully saturated rings. The molecule has 3 rings (SSSR count). The molecule has 1 amide bonds. The minimum Gasteiger partial charge on any atom is -0.391 e. The van der Waals surface area contributed by atoms with Crippen molar-refractivity contribution >= 4 is 16.9 Å². The number of aliphatic hydroxyl groups excluding tert-OH is 1. The first-order valence-electron chi connectivity index (χ1n) is 7.29. The fourth-order valence-electron chi connectivity index (χ4n) is 2.79. The number of rotatable bonds is 2. The van der Waals surface area contributed by atoms with Gasteiger partial charge in [-0.2, -0.15) is 5.10 Å². The zero-order valence-corrected chi connectivity index (χ0v) is 12.6. The third kappa shape index (κ3) is 2.40. The second-order valence-electron chi connectivity index (χ2n) is 5.93. The van der Waals surface area contributed by atoms with Crippen molar-refractivity contribution in [3.8, 4) is 0 Å². The van der Waals surface area contributed by atoms with Gasteiger partial charge in [-0.3, -0.25) is 4.79 Å². The molecule has 0 spiro atoms. The zero-order valence-electron chi connectivity index (χ0n) is 12.6. The molecule has 1 atom stereocenters. The van der Waals surface area contributed by atoms with Crippen LogP contribution >= 0.6 is 0 Å². The van der Waals surface area contributed by atoms with Crippen molar-refractivity contribution in [1.82, 2.24) is 19.7 Å². The highest BCUT2D eigenvalue weighted by Crippen LogP contribution is 2.23. The number of likely N-dealkylation sites (tertiary alicyclic amines) is 1. The number of carbonyl (C=O) groups is 1. The maximum Gasteiger partial charge on any atom is 0.254 e. The van der Waals surface area contributed by atoms with Gasteiger partial charge in [0.05, 0.1) is 23.3 Å². The number of aryl methyl sites for hydroxylation is 1. The number of hydrogen-bond acceptors (Lipinski definition) is 4. The Morgan fingerprint density at radius 2 is 2.24 bits per heavy atom. The minimum absolute atomic E-state index is 0.0506. The van der Waals surface area contributed by atoms with Gasteiger partial charge >= 0.3 is 0 Å². The molecule has 0 aliphatic carbocycles. The van der Waals surface area contributed by atoms with E-state index < -0.39 is 6.10 Å². The van der Waals surface area contributed by atoms with Crippen LogP contribution in [0.2, 0.25) is 0 Å². The van der Waals surface area contributed by atoms with E-state index in [1.54, 1.807) is 11.1 Å². The topological polar surface area (TPSA) is 71.2 Å². The van der Waals surface area contributed by atoms with Crippen LogP contribution in [0.5, 0.6) is 0 Å². The molecule has 0 unspecified atom stereocenters. The molecule has 0 saturated carbocycles. The van der Waals surface area contributed by atoms with Gasteiger partial charge in [-0.1, -0.05) is 0 Å². The summed E-state index contributed by atoms with van der Waals surface area (Å²) in [5.41, 5.74) is 2.17. The summed E-state index contributed by atoms with van der Waals surface area (Å²) in [6.45, 7) is 6.96. The van der Waals surface area contributed by atoms with Crippen molar-refractivity contribution in [2.24, 2.45) is 0 Å². The van der Waals surface area contributed by atoms with Crippen LogP contribution in [0.3, 0.4) is 0 Å². The lowest BCUT2D eigenvalue weighted by Gasteiger charge is -2.16. The number of pyridine rings is 1. The minimum atomic E-state index is -0.411. The molecule has 0 radical (unpaired) electrons. The molecule has 1 N–H and O–H groups in total. The molecule has 1 aliphatic heterocycles. The number of nitrogens with zero attached hydrogens (tertiary/aromatic N) is 4. The Kier molecular flexibility index (Phi) is 3.41. The number of carbonyl (C=O) groups excluding carboxylic acids is 1. The smallest absolute Gasteiger partial charge is 0.254 e. The van der Waals surface area contributed by atoms with Gasteiger partial charge in [0, 0.05) is 24.8 Å². The van der Waals surface area contributed by atoms with Gasteiger partial charge in [0.1, 0.15) is 0 Å². The molecule has 2 aromatic rings. The Hall–Kier alpha value is -1.95. The molecule has 21 heavy (non-hydrogen) atoms. The summed E-state index contributed by atoms with van der Waals surface area (Å²) in [5.74, 6) is -0.0506. The molecule has 2 aromatic heterocycles. The number of aromatic nitrogens is 3. The van der Waals surface area contributed by atoms with Crippen molar-refractivity contribution in [2.75, 3.05) is 13.1 Å². The largest absolute Gasteiger partial charge is 0.391 e. The summed E-state index contributed by atoms with van der Waals surface area (Å²) in [6.07, 6.45) is 1.94. The first-order chi connectivity index (χ1) is 9.97. The normalized spacial score (nSPS) is 18.9. The highest BCUT2D eigenvalue weighted by Gasteiger charge is 2.27. The molecule has 0 aromatic carbocycles. The van der Waals surface area contributed by atoms with Gasteiger partial charge in [0.15, 0.2) is 5.65 Å². The Morgan fingerprint density at radius 3 is 2.86 bits per heavy atom. The molecule has 1 aliphatic rings. The van der Waals surface area contributed by atoms with Crippen LogP contribution in [0.15, 0.2) is 12.3 Å². The van der Waals surface area contributed by atoms with Crippen LogP contribution in [0.1, 0.15) is 42.4 Å². The van der Waals surface area contributed by atoms with E-state index in [0.717, 1.165) is 16.7 Å². The lowest BCUT2D eigenvalue weighted by Crippen LogP contribution is -2.29. The van der Waals surface area contributed by atoms with Gasteiger partial charge in [-0.05, 0) is 33.3 Å². The van der Waals surface area contributed by atoms with E-state index >= 15 is 0 Å². The van der Waals surface area contributed by atoms with Crippen molar-refractivity contribution in [2.45, 2.75) is 39.3 Å². The average Bonchev–Trinajstić information content (AvgIpc) is 3.03. The molecule has 112 valence electrons. The van der Waals surface area contributed by atoms with E-state index in [9.17, 15) is 9.90 Å². The van der Waals surface area contributed by atoms with E-state index in [-0.39, 0.29) is 11.9 Å². The van der Waals surface area contributed by atoms with Crippen LogP contribution in [0.25, 0.3) is 11.0 Å². The number of aliphatic hydroxyl groups is 1. The number of hydrogen-bond donors (Lipinski definition) is 1.